The van der Waals surface area contributed by atoms with Crippen LogP contribution in [-0.2, 0) is 0 Å². The highest BCUT2D eigenvalue weighted by Crippen LogP contribution is 2.19. The Labute approximate surface area is 85.6 Å². The van der Waals surface area contributed by atoms with Crippen LogP contribution in [0.3, 0.4) is 0 Å². The highest BCUT2D eigenvalue weighted by Gasteiger charge is 2.11. The van der Waals surface area contributed by atoms with E-state index in [1.807, 2.05) is 30.3 Å². The molecule has 1 N–H and O–H groups in total. The Kier molecular flexibility index (Phi) is 3.18. The maximum Gasteiger partial charge on any atom is 0.119 e. The van der Waals surface area contributed by atoms with Crippen molar-refractivity contribution < 1.29 is 4.74 Å². The lowest BCUT2D eigenvalue weighted by Crippen LogP contribution is -2.27. The van der Waals surface area contributed by atoms with Crippen LogP contribution in [0.1, 0.15) is 13.8 Å². The molecule has 0 aliphatic rings. The number of anilines is 1. The van der Waals surface area contributed by atoms with Gasteiger partial charge in [0.2, 0.25) is 0 Å². The van der Waals surface area contributed by atoms with E-state index in [0.717, 1.165) is 11.4 Å². The van der Waals surface area contributed by atoms with Crippen LogP contribution in [0.2, 0.25) is 0 Å². The monoisotopic (exact) mass is 191 g/mol. The third-order valence-electron chi connectivity index (χ3n) is 2.07. The molecule has 0 spiro atoms. The van der Waals surface area contributed by atoms with Crippen molar-refractivity contribution in [2.45, 2.75) is 19.4 Å². The molecule has 0 aliphatic heterocycles. The van der Waals surface area contributed by atoms with Crippen molar-refractivity contribution in [3.8, 4) is 5.75 Å². The molecule has 0 fully saturated rings. The zero-order valence-corrected chi connectivity index (χ0v) is 9.00. The molecule has 0 bridgehead atoms. The largest absolute Gasteiger partial charge is 0.497 e. The van der Waals surface area contributed by atoms with E-state index in [2.05, 4.69) is 25.7 Å². The van der Waals surface area contributed by atoms with Crippen LogP contribution in [0.4, 0.5) is 5.69 Å². The van der Waals surface area contributed by atoms with E-state index in [9.17, 15) is 0 Å². The Hall–Kier alpha value is -1.44. The molecule has 0 radical (unpaired) electrons. The van der Waals surface area contributed by atoms with E-state index in [0.29, 0.717) is 0 Å². The van der Waals surface area contributed by atoms with Gasteiger partial charge >= 0.3 is 0 Å². The van der Waals surface area contributed by atoms with E-state index >= 15 is 0 Å². The summed E-state index contributed by atoms with van der Waals surface area (Å²) in [5.74, 6) is 0.868. The normalized spacial score (nSPS) is 10.8. The molecule has 0 aliphatic carbocycles. The standard InChI is InChI=1S/C12H17NO/c1-5-12(2,3)13-10-6-8-11(14-4)9-7-10/h5-9,13H,1H2,2-4H3. The zero-order valence-electron chi connectivity index (χ0n) is 9.00. The minimum absolute atomic E-state index is 0.0887. The van der Waals surface area contributed by atoms with Crippen LogP contribution in [0.25, 0.3) is 0 Å². The average molecular weight is 191 g/mol. The molecule has 0 heterocycles. The first-order chi connectivity index (χ1) is 6.57. The SMILES string of the molecule is C=CC(C)(C)Nc1ccc(OC)cc1. The second-order valence-electron chi connectivity index (χ2n) is 3.78. The minimum Gasteiger partial charge on any atom is -0.497 e. The van der Waals surface area contributed by atoms with Crippen molar-refractivity contribution in [3.63, 3.8) is 0 Å². The molecule has 1 aromatic rings. The molecule has 1 rings (SSSR count). The lowest BCUT2D eigenvalue weighted by Gasteiger charge is -2.23. The van der Waals surface area contributed by atoms with E-state index in [1.165, 1.54) is 0 Å². The number of hydrogen-bond acceptors (Lipinski definition) is 2. The molecule has 0 atom stereocenters. The van der Waals surface area contributed by atoms with E-state index < -0.39 is 0 Å². The molecule has 0 aromatic heterocycles. The molecule has 2 nitrogen and oxygen atoms in total. The first-order valence-corrected chi connectivity index (χ1v) is 4.63. The van der Waals surface area contributed by atoms with Crippen molar-refractivity contribution in [2.75, 3.05) is 12.4 Å². The van der Waals surface area contributed by atoms with Crippen molar-refractivity contribution in [1.82, 2.24) is 0 Å². The number of rotatable bonds is 4. The van der Waals surface area contributed by atoms with Crippen LogP contribution in [-0.4, -0.2) is 12.6 Å². The topological polar surface area (TPSA) is 21.3 Å². The smallest absolute Gasteiger partial charge is 0.119 e. The molecule has 2 heteroatoms. The number of benzene rings is 1. The Morgan fingerprint density at radius 2 is 1.86 bits per heavy atom. The third kappa shape index (κ3) is 2.80. The summed E-state index contributed by atoms with van der Waals surface area (Å²) >= 11 is 0. The van der Waals surface area contributed by atoms with Crippen LogP contribution >= 0.6 is 0 Å². The van der Waals surface area contributed by atoms with E-state index in [4.69, 9.17) is 4.74 Å². The maximum atomic E-state index is 5.08. The third-order valence-corrected chi connectivity index (χ3v) is 2.07. The lowest BCUT2D eigenvalue weighted by atomic mass is 10.1. The van der Waals surface area contributed by atoms with Crippen LogP contribution in [0, 0.1) is 0 Å². The summed E-state index contributed by atoms with van der Waals surface area (Å²) in [6.45, 7) is 7.92. The summed E-state index contributed by atoms with van der Waals surface area (Å²) in [5.41, 5.74) is 0.977. The number of ether oxygens (including phenoxy) is 1. The van der Waals surface area contributed by atoms with Gasteiger partial charge < -0.3 is 10.1 Å². The van der Waals surface area contributed by atoms with Gasteiger partial charge in [-0.3, -0.25) is 0 Å². The predicted molar refractivity (Wildman–Crippen MR) is 60.9 cm³/mol. The van der Waals surface area contributed by atoms with Gasteiger partial charge in [0.05, 0.1) is 7.11 Å². The summed E-state index contributed by atoms with van der Waals surface area (Å²) in [5, 5.41) is 3.35. The molecular weight excluding hydrogens is 174 g/mol. The maximum absolute atomic E-state index is 5.08. The molecule has 0 unspecified atom stereocenters. The van der Waals surface area contributed by atoms with Crippen molar-refractivity contribution in [2.24, 2.45) is 0 Å². The van der Waals surface area contributed by atoms with Crippen molar-refractivity contribution >= 4 is 5.69 Å². The van der Waals surface area contributed by atoms with Gasteiger partial charge in [0.25, 0.3) is 0 Å². The molecule has 76 valence electrons. The molecule has 0 saturated carbocycles. The van der Waals surface area contributed by atoms with E-state index in [1.54, 1.807) is 7.11 Å². The highest BCUT2D eigenvalue weighted by molar-refractivity contribution is 5.48. The Morgan fingerprint density at radius 3 is 2.29 bits per heavy atom. The fourth-order valence-corrected chi connectivity index (χ4v) is 1.10. The Morgan fingerprint density at radius 1 is 1.29 bits per heavy atom. The Bertz CT molecular complexity index is 301. The predicted octanol–water partition coefficient (Wildman–Crippen LogP) is 3.07. The lowest BCUT2D eigenvalue weighted by molar-refractivity contribution is 0.415. The molecule has 14 heavy (non-hydrogen) atoms. The number of methoxy groups -OCH3 is 1. The molecule has 0 saturated heterocycles. The quantitative estimate of drug-likeness (QED) is 0.738. The average Bonchev–Trinajstić information content (AvgIpc) is 2.19. The summed E-state index contributed by atoms with van der Waals surface area (Å²) in [6, 6.07) is 7.84. The summed E-state index contributed by atoms with van der Waals surface area (Å²) in [4.78, 5) is 0. The Balaban J connectivity index is 2.73. The molecule has 1 aromatic carbocycles. The second-order valence-corrected chi connectivity index (χ2v) is 3.78. The zero-order chi connectivity index (χ0) is 10.6. The highest BCUT2D eigenvalue weighted by atomic mass is 16.5. The summed E-state index contributed by atoms with van der Waals surface area (Å²) in [7, 11) is 1.66. The summed E-state index contributed by atoms with van der Waals surface area (Å²) < 4.78 is 5.08. The van der Waals surface area contributed by atoms with Gasteiger partial charge in [-0.25, -0.2) is 0 Å². The van der Waals surface area contributed by atoms with Gasteiger partial charge in [-0.15, -0.1) is 6.58 Å². The first-order valence-electron chi connectivity index (χ1n) is 4.63. The first kappa shape index (κ1) is 10.6. The van der Waals surface area contributed by atoms with Crippen molar-refractivity contribution in [1.29, 1.82) is 0 Å². The molecule has 0 amide bonds. The number of nitrogens with one attached hydrogen (secondary N) is 1. The van der Waals surface area contributed by atoms with Gasteiger partial charge in [0, 0.05) is 11.2 Å². The van der Waals surface area contributed by atoms with Crippen LogP contribution < -0.4 is 10.1 Å². The van der Waals surface area contributed by atoms with Gasteiger partial charge in [0.15, 0.2) is 0 Å². The number of hydrogen-bond donors (Lipinski definition) is 1. The van der Waals surface area contributed by atoms with Gasteiger partial charge in [-0.1, -0.05) is 6.08 Å². The minimum atomic E-state index is -0.0887. The fourth-order valence-electron chi connectivity index (χ4n) is 1.10. The van der Waals surface area contributed by atoms with Crippen LogP contribution in [0.15, 0.2) is 36.9 Å². The van der Waals surface area contributed by atoms with Gasteiger partial charge in [-0.05, 0) is 38.1 Å². The molecular formula is C12H17NO. The van der Waals surface area contributed by atoms with E-state index in [-0.39, 0.29) is 5.54 Å². The van der Waals surface area contributed by atoms with Crippen LogP contribution in [0.5, 0.6) is 5.75 Å². The fraction of sp³-hybridized carbons (Fsp3) is 0.333. The van der Waals surface area contributed by atoms with Gasteiger partial charge in [-0.2, -0.15) is 0 Å². The summed E-state index contributed by atoms with van der Waals surface area (Å²) in [6.07, 6.45) is 1.89. The second kappa shape index (κ2) is 4.18. The van der Waals surface area contributed by atoms with Crippen molar-refractivity contribution in [3.05, 3.63) is 36.9 Å². The van der Waals surface area contributed by atoms with Gasteiger partial charge in [0.1, 0.15) is 5.75 Å².